The van der Waals surface area contributed by atoms with Crippen LogP contribution in [0.2, 0.25) is 0 Å². The van der Waals surface area contributed by atoms with Gasteiger partial charge in [-0.25, -0.2) is 0 Å². The third-order valence-corrected chi connectivity index (χ3v) is 2.76. The fourth-order valence-corrected chi connectivity index (χ4v) is 2.02. The Labute approximate surface area is 92.0 Å². The van der Waals surface area contributed by atoms with E-state index in [1.54, 1.807) is 0 Å². The van der Waals surface area contributed by atoms with Gasteiger partial charge in [-0.3, -0.25) is 10.1 Å². The highest BCUT2D eigenvalue weighted by molar-refractivity contribution is 5.83. The van der Waals surface area contributed by atoms with E-state index in [1.165, 1.54) is 0 Å². The van der Waals surface area contributed by atoms with Crippen LogP contribution in [0.5, 0.6) is 0 Å². The predicted octanol–water partition coefficient (Wildman–Crippen LogP) is 0.968. The monoisotopic (exact) mass is 214 g/mol. The van der Waals surface area contributed by atoms with E-state index in [-0.39, 0.29) is 24.2 Å². The lowest BCUT2D eigenvalue weighted by molar-refractivity contribution is -0.131. The third-order valence-electron chi connectivity index (χ3n) is 2.76. The molecule has 88 valence electrons. The standard InChI is InChI=1S/C11H22N2O2/c1-5-10-12-9(4)11(14)13(10)7-8(3)15-6-2/h8-10,12H,5-7H2,1-4H3. The minimum atomic E-state index is -0.0521. The van der Waals surface area contributed by atoms with Crippen molar-refractivity contribution in [3.05, 3.63) is 0 Å². The van der Waals surface area contributed by atoms with E-state index in [0.717, 1.165) is 6.42 Å². The van der Waals surface area contributed by atoms with Crippen molar-refractivity contribution < 1.29 is 9.53 Å². The second kappa shape index (κ2) is 5.47. The van der Waals surface area contributed by atoms with E-state index in [1.807, 2.05) is 25.7 Å². The smallest absolute Gasteiger partial charge is 0.240 e. The van der Waals surface area contributed by atoms with Gasteiger partial charge in [-0.2, -0.15) is 0 Å². The van der Waals surface area contributed by atoms with Crippen molar-refractivity contribution in [1.82, 2.24) is 10.2 Å². The molecule has 0 aromatic carbocycles. The van der Waals surface area contributed by atoms with Gasteiger partial charge < -0.3 is 9.64 Å². The number of ether oxygens (including phenoxy) is 1. The second-order valence-electron chi connectivity index (χ2n) is 4.07. The molecule has 15 heavy (non-hydrogen) atoms. The van der Waals surface area contributed by atoms with Crippen LogP contribution in [-0.2, 0) is 9.53 Å². The largest absolute Gasteiger partial charge is 0.377 e. The minimum Gasteiger partial charge on any atom is -0.377 e. The number of nitrogens with one attached hydrogen (secondary N) is 1. The van der Waals surface area contributed by atoms with Crippen LogP contribution in [0.15, 0.2) is 0 Å². The molecule has 0 bridgehead atoms. The summed E-state index contributed by atoms with van der Waals surface area (Å²) in [6, 6.07) is -0.0521. The Morgan fingerprint density at radius 2 is 2.20 bits per heavy atom. The Kier molecular flexibility index (Phi) is 4.54. The van der Waals surface area contributed by atoms with Gasteiger partial charge in [0.1, 0.15) is 0 Å². The number of hydrogen-bond donors (Lipinski definition) is 1. The van der Waals surface area contributed by atoms with Gasteiger partial charge in [0.15, 0.2) is 0 Å². The SMILES string of the molecule is CCOC(C)CN1C(=O)C(C)NC1CC. The first kappa shape index (κ1) is 12.5. The summed E-state index contributed by atoms with van der Waals surface area (Å²) < 4.78 is 5.46. The van der Waals surface area contributed by atoms with Crippen molar-refractivity contribution in [2.75, 3.05) is 13.2 Å². The van der Waals surface area contributed by atoms with Gasteiger partial charge in [-0.05, 0) is 27.2 Å². The number of rotatable bonds is 5. The molecular formula is C11H22N2O2. The molecule has 1 fully saturated rings. The molecule has 1 heterocycles. The lowest BCUT2D eigenvalue weighted by Gasteiger charge is -2.26. The Morgan fingerprint density at radius 3 is 2.73 bits per heavy atom. The summed E-state index contributed by atoms with van der Waals surface area (Å²) in [6.45, 7) is 9.36. The first-order valence-corrected chi connectivity index (χ1v) is 5.78. The van der Waals surface area contributed by atoms with Crippen molar-refractivity contribution in [3.8, 4) is 0 Å². The second-order valence-corrected chi connectivity index (χ2v) is 4.07. The molecule has 0 saturated carbocycles. The first-order chi connectivity index (χ1) is 7.10. The van der Waals surface area contributed by atoms with Crippen LogP contribution in [0, 0.1) is 0 Å². The highest BCUT2D eigenvalue weighted by atomic mass is 16.5. The van der Waals surface area contributed by atoms with Gasteiger partial charge in [-0.1, -0.05) is 6.92 Å². The van der Waals surface area contributed by atoms with Crippen molar-refractivity contribution in [2.24, 2.45) is 0 Å². The Morgan fingerprint density at radius 1 is 1.53 bits per heavy atom. The van der Waals surface area contributed by atoms with Crippen molar-refractivity contribution in [1.29, 1.82) is 0 Å². The molecule has 0 aromatic rings. The summed E-state index contributed by atoms with van der Waals surface area (Å²) in [6.07, 6.45) is 1.23. The van der Waals surface area contributed by atoms with E-state index in [9.17, 15) is 4.79 Å². The summed E-state index contributed by atoms with van der Waals surface area (Å²) in [5.41, 5.74) is 0. The molecule has 4 heteroatoms. The average Bonchev–Trinajstić information content (AvgIpc) is 2.46. The minimum absolute atomic E-state index is 0.0521. The molecule has 1 rings (SSSR count). The quantitative estimate of drug-likeness (QED) is 0.741. The van der Waals surface area contributed by atoms with Crippen molar-refractivity contribution in [2.45, 2.75) is 52.4 Å². The van der Waals surface area contributed by atoms with E-state index in [4.69, 9.17) is 4.74 Å². The zero-order valence-corrected chi connectivity index (χ0v) is 10.1. The Bertz CT molecular complexity index is 221. The highest BCUT2D eigenvalue weighted by Crippen LogP contribution is 2.14. The molecule has 0 spiro atoms. The normalized spacial score (nSPS) is 28.5. The van der Waals surface area contributed by atoms with Gasteiger partial charge in [0.2, 0.25) is 5.91 Å². The maximum Gasteiger partial charge on any atom is 0.240 e. The zero-order chi connectivity index (χ0) is 11.4. The molecule has 3 unspecified atom stereocenters. The molecule has 1 aliphatic rings. The molecule has 4 nitrogen and oxygen atoms in total. The number of carbonyl (C=O) groups is 1. The predicted molar refractivity (Wildman–Crippen MR) is 59.5 cm³/mol. The summed E-state index contributed by atoms with van der Waals surface area (Å²) in [4.78, 5) is 13.7. The van der Waals surface area contributed by atoms with Gasteiger partial charge in [0.05, 0.1) is 18.3 Å². The van der Waals surface area contributed by atoms with Crippen molar-refractivity contribution in [3.63, 3.8) is 0 Å². The molecular weight excluding hydrogens is 192 g/mol. The third kappa shape index (κ3) is 2.92. The van der Waals surface area contributed by atoms with Crippen LogP contribution in [0.25, 0.3) is 0 Å². The first-order valence-electron chi connectivity index (χ1n) is 5.78. The van der Waals surface area contributed by atoms with Gasteiger partial charge in [0, 0.05) is 13.2 Å². The number of nitrogens with zero attached hydrogens (tertiary/aromatic N) is 1. The molecule has 0 aromatic heterocycles. The average molecular weight is 214 g/mol. The van der Waals surface area contributed by atoms with Crippen LogP contribution in [0.4, 0.5) is 0 Å². The van der Waals surface area contributed by atoms with E-state index >= 15 is 0 Å². The number of carbonyl (C=O) groups excluding carboxylic acids is 1. The van der Waals surface area contributed by atoms with Crippen LogP contribution in [0.1, 0.15) is 34.1 Å². The Balaban J connectivity index is 2.54. The van der Waals surface area contributed by atoms with Crippen LogP contribution < -0.4 is 5.32 Å². The fraction of sp³-hybridized carbons (Fsp3) is 0.909. The lowest BCUT2D eigenvalue weighted by atomic mass is 10.3. The van der Waals surface area contributed by atoms with E-state index < -0.39 is 0 Å². The van der Waals surface area contributed by atoms with E-state index in [2.05, 4.69) is 12.2 Å². The molecule has 1 aliphatic heterocycles. The summed E-state index contributed by atoms with van der Waals surface area (Å²) in [5.74, 6) is 0.188. The summed E-state index contributed by atoms with van der Waals surface area (Å²) >= 11 is 0. The fourth-order valence-electron chi connectivity index (χ4n) is 2.02. The van der Waals surface area contributed by atoms with E-state index in [0.29, 0.717) is 13.2 Å². The van der Waals surface area contributed by atoms with Crippen molar-refractivity contribution >= 4 is 5.91 Å². The van der Waals surface area contributed by atoms with Crippen LogP contribution in [0.3, 0.4) is 0 Å². The maximum absolute atomic E-state index is 11.8. The molecule has 3 atom stereocenters. The van der Waals surface area contributed by atoms with Gasteiger partial charge in [-0.15, -0.1) is 0 Å². The molecule has 1 amide bonds. The summed E-state index contributed by atoms with van der Waals surface area (Å²) in [5, 5.41) is 3.27. The summed E-state index contributed by atoms with van der Waals surface area (Å²) in [7, 11) is 0. The van der Waals surface area contributed by atoms with Gasteiger partial charge >= 0.3 is 0 Å². The molecule has 0 radical (unpaired) electrons. The highest BCUT2D eigenvalue weighted by Gasteiger charge is 2.35. The number of amides is 1. The molecule has 0 aliphatic carbocycles. The topological polar surface area (TPSA) is 41.6 Å². The molecule has 1 N–H and O–H groups in total. The maximum atomic E-state index is 11.8. The van der Waals surface area contributed by atoms with Crippen LogP contribution >= 0.6 is 0 Å². The number of hydrogen-bond acceptors (Lipinski definition) is 3. The van der Waals surface area contributed by atoms with Gasteiger partial charge in [0.25, 0.3) is 0 Å². The zero-order valence-electron chi connectivity index (χ0n) is 10.1. The Hall–Kier alpha value is -0.610. The molecule has 1 saturated heterocycles. The lowest BCUT2D eigenvalue weighted by Crippen LogP contribution is -2.41. The van der Waals surface area contributed by atoms with Crippen LogP contribution in [-0.4, -0.2) is 42.3 Å².